The van der Waals surface area contributed by atoms with Crippen molar-refractivity contribution in [2.45, 2.75) is 6.54 Å². The number of pyridine rings is 1. The highest BCUT2D eigenvalue weighted by molar-refractivity contribution is 7.13. The fourth-order valence-electron chi connectivity index (χ4n) is 1.82. The molecule has 7 nitrogen and oxygen atoms in total. The second kappa shape index (κ2) is 6.27. The molecule has 0 spiro atoms. The van der Waals surface area contributed by atoms with E-state index in [1.165, 1.54) is 17.4 Å². The summed E-state index contributed by atoms with van der Waals surface area (Å²) in [5.41, 5.74) is 1.08. The molecule has 0 aromatic carbocycles. The number of nitrogens with zero attached hydrogens (tertiary/aromatic N) is 4. The quantitative estimate of drug-likeness (QED) is 0.786. The fourth-order valence-corrected chi connectivity index (χ4v) is 2.36. The minimum absolute atomic E-state index is 0.169. The highest BCUT2D eigenvalue weighted by Gasteiger charge is 2.09. The monoisotopic (exact) mass is 313 g/mol. The number of carbonyl (C=O) groups is 1. The van der Waals surface area contributed by atoms with E-state index in [0.29, 0.717) is 10.8 Å². The molecule has 0 bridgehead atoms. The molecule has 0 aliphatic carbocycles. The maximum absolute atomic E-state index is 11.9. The number of nitrogens with one attached hydrogen (secondary N) is 1. The molecule has 0 saturated heterocycles. The normalized spacial score (nSPS) is 10.4. The van der Waals surface area contributed by atoms with E-state index < -0.39 is 0 Å². The molecule has 0 saturated carbocycles. The number of aromatic nitrogens is 4. The number of amides is 1. The van der Waals surface area contributed by atoms with Crippen LogP contribution in [0.25, 0.3) is 11.3 Å². The van der Waals surface area contributed by atoms with Gasteiger partial charge in [-0.25, -0.2) is 9.67 Å². The lowest BCUT2D eigenvalue weighted by molar-refractivity contribution is -0.117. The molecule has 3 heterocycles. The van der Waals surface area contributed by atoms with Crippen LogP contribution in [0.3, 0.4) is 0 Å². The summed E-state index contributed by atoms with van der Waals surface area (Å²) >= 11 is 1.31. The SMILES string of the molecule is O=C(Cn1nc(-c2ccncc2)ccc1=O)Nc1nccs1. The smallest absolute Gasteiger partial charge is 0.267 e. The summed E-state index contributed by atoms with van der Waals surface area (Å²) in [7, 11) is 0. The van der Waals surface area contributed by atoms with Gasteiger partial charge in [0.2, 0.25) is 5.91 Å². The second-order valence-electron chi connectivity index (χ2n) is 4.34. The van der Waals surface area contributed by atoms with Crippen molar-refractivity contribution in [1.29, 1.82) is 0 Å². The lowest BCUT2D eigenvalue weighted by atomic mass is 10.2. The number of thiazole rings is 1. The van der Waals surface area contributed by atoms with Gasteiger partial charge >= 0.3 is 0 Å². The van der Waals surface area contributed by atoms with Crippen LogP contribution < -0.4 is 10.9 Å². The van der Waals surface area contributed by atoms with Gasteiger partial charge in [-0.05, 0) is 18.2 Å². The standard InChI is InChI=1S/C14H11N5O2S/c20-12(17-14-16-7-8-22-14)9-19-13(21)2-1-11(18-19)10-3-5-15-6-4-10/h1-8H,9H2,(H,16,17,20). The molecule has 0 atom stereocenters. The van der Waals surface area contributed by atoms with Gasteiger partial charge in [-0.1, -0.05) is 0 Å². The summed E-state index contributed by atoms with van der Waals surface area (Å²) in [6.07, 6.45) is 4.87. The third kappa shape index (κ3) is 3.23. The van der Waals surface area contributed by atoms with Crippen LogP contribution in [0.5, 0.6) is 0 Å². The van der Waals surface area contributed by atoms with E-state index in [1.54, 1.807) is 42.2 Å². The van der Waals surface area contributed by atoms with Crippen molar-refractivity contribution in [3.63, 3.8) is 0 Å². The average Bonchev–Trinajstić information content (AvgIpc) is 3.03. The number of anilines is 1. The highest BCUT2D eigenvalue weighted by atomic mass is 32.1. The minimum atomic E-state index is -0.351. The summed E-state index contributed by atoms with van der Waals surface area (Å²) in [4.78, 5) is 31.7. The Kier molecular flexibility index (Phi) is 4.01. The molecule has 8 heteroatoms. The molecule has 0 aliphatic heterocycles. The molecule has 1 amide bonds. The maximum atomic E-state index is 11.9. The third-order valence-electron chi connectivity index (χ3n) is 2.81. The Morgan fingerprint density at radius 1 is 1.18 bits per heavy atom. The van der Waals surface area contributed by atoms with E-state index in [0.717, 1.165) is 10.2 Å². The van der Waals surface area contributed by atoms with Gasteiger partial charge in [0.05, 0.1) is 5.69 Å². The van der Waals surface area contributed by atoms with Gasteiger partial charge in [-0.3, -0.25) is 14.6 Å². The van der Waals surface area contributed by atoms with E-state index in [1.807, 2.05) is 0 Å². The van der Waals surface area contributed by atoms with Gasteiger partial charge in [0.25, 0.3) is 5.56 Å². The summed E-state index contributed by atoms with van der Waals surface area (Å²) in [5, 5.41) is 9.07. The van der Waals surface area contributed by atoms with Crippen molar-refractivity contribution in [1.82, 2.24) is 19.7 Å². The molecule has 3 rings (SSSR count). The largest absolute Gasteiger partial charge is 0.300 e. The van der Waals surface area contributed by atoms with Crippen LogP contribution in [-0.4, -0.2) is 25.7 Å². The first-order chi connectivity index (χ1) is 10.7. The van der Waals surface area contributed by atoms with Crippen LogP contribution >= 0.6 is 11.3 Å². The van der Waals surface area contributed by atoms with Crippen LogP contribution in [0.4, 0.5) is 5.13 Å². The summed E-state index contributed by atoms with van der Waals surface area (Å²) in [6.45, 7) is -0.169. The van der Waals surface area contributed by atoms with E-state index in [4.69, 9.17) is 0 Å². The van der Waals surface area contributed by atoms with Crippen molar-refractivity contribution in [3.8, 4) is 11.3 Å². The van der Waals surface area contributed by atoms with Gasteiger partial charge in [0, 0.05) is 35.6 Å². The van der Waals surface area contributed by atoms with Crippen molar-refractivity contribution < 1.29 is 4.79 Å². The number of rotatable bonds is 4. The molecule has 0 aliphatic rings. The van der Waals surface area contributed by atoms with E-state index in [-0.39, 0.29) is 18.0 Å². The van der Waals surface area contributed by atoms with E-state index in [2.05, 4.69) is 20.4 Å². The average molecular weight is 313 g/mol. The first-order valence-corrected chi connectivity index (χ1v) is 7.28. The van der Waals surface area contributed by atoms with Crippen LogP contribution in [-0.2, 0) is 11.3 Å². The Labute approximate surface area is 129 Å². The second-order valence-corrected chi connectivity index (χ2v) is 5.23. The van der Waals surface area contributed by atoms with Crippen LogP contribution in [0.1, 0.15) is 0 Å². The lowest BCUT2D eigenvalue weighted by Gasteiger charge is -2.06. The van der Waals surface area contributed by atoms with E-state index >= 15 is 0 Å². The van der Waals surface area contributed by atoms with Crippen molar-refractivity contribution in [2.24, 2.45) is 0 Å². The molecule has 0 unspecified atom stereocenters. The molecule has 0 radical (unpaired) electrons. The highest BCUT2D eigenvalue weighted by Crippen LogP contribution is 2.13. The van der Waals surface area contributed by atoms with Gasteiger partial charge in [-0.15, -0.1) is 11.3 Å². The van der Waals surface area contributed by atoms with Crippen molar-refractivity contribution >= 4 is 22.4 Å². The van der Waals surface area contributed by atoms with Gasteiger partial charge in [0.15, 0.2) is 5.13 Å². The molecule has 110 valence electrons. The van der Waals surface area contributed by atoms with E-state index in [9.17, 15) is 9.59 Å². The van der Waals surface area contributed by atoms with Gasteiger partial charge in [-0.2, -0.15) is 5.10 Å². The maximum Gasteiger partial charge on any atom is 0.267 e. The topological polar surface area (TPSA) is 89.8 Å². The Morgan fingerprint density at radius 2 is 2.00 bits per heavy atom. The lowest BCUT2D eigenvalue weighted by Crippen LogP contribution is -2.29. The van der Waals surface area contributed by atoms with Crippen LogP contribution in [0.15, 0.2) is 53.0 Å². The zero-order valence-corrected chi connectivity index (χ0v) is 12.2. The predicted molar refractivity (Wildman–Crippen MR) is 82.5 cm³/mol. The van der Waals surface area contributed by atoms with Crippen molar-refractivity contribution in [3.05, 3.63) is 58.6 Å². The number of hydrogen-bond donors (Lipinski definition) is 1. The molecule has 22 heavy (non-hydrogen) atoms. The van der Waals surface area contributed by atoms with Gasteiger partial charge in [0.1, 0.15) is 6.54 Å². The molecular weight excluding hydrogens is 302 g/mol. The fraction of sp³-hybridized carbons (Fsp3) is 0.0714. The Bertz CT molecular complexity index is 830. The Morgan fingerprint density at radius 3 is 2.73 bits per heavy atom. The molecule has 1 N–H and O–H groups in total. The van der Waals surface area contributed by atoms with Crippen LogP contribution in [0, 0.1) is 0 Å². The summed E-state index contributed by atoms with van der Waals surface area (Å²) in [6, 6.07) is 6.58. The Hall–Kier alpha value is -2.87. The summed E-state index contributed by atoms with van der Waals surface area (Å²) < 4.78 is 1.12. The first kappa shape index (κ1) is 14.1. The summed E-state index contributed by atoms with van der Waals surface area (Å²) in [5.74, 6) is -0.351. The molecule has 0 fully saturated rings. The minimum Gasteiger partial charge on any atom is -0.300 e. The third-order valence-corrected chi connectivity index (χ3v) is 3.50. The number of hydrogen-bond acceptors (Lipinski definition) is 6. The zero-order chi connectivity index (χ0) is 15.4. The molecule has 3 aromatic heterocycles. The van der Waals surface area contributed by atoms with Gasteiger partial charge < -0.3 is 5.32 Å². The number of carbonyl (C=O) groups excluding carboxylic acids is 1. The zero-order valence-electron chi connectivity index (χ0n) is 11.3. The van der Waals surface area contributed by atoms with Crippen LogP contribution in [0.2, 0.25) is 0 Å². The Balaban J connectivity index is 1.81. The molecule has 3 aromatic rings. The molecular formula is C14H11N5O2S. The predicted octanol–water partition coefficient (Wildman–Crippen LogP) is 1.40. The first-order valence-electron chi connectivity index (χ1n) is 6.40. The van der Waals surface area contributed by atoms with Crippen molar-refractivity contribution in [2.75, 3.05) is 5.32 Å².